The molecule has 9 heteroatoms. The molecule has 3 rings (SSSR count). The molecule has 0 atom stereocenters. The highest BCUT2D eigenvalue weighted by molar-refractivity contribution is 6.33. The number of anilines is 2. The summed E-state index contributed by atoms with van der Waals surface area (Å²) >= 11 is 6.56. The summed E-state index contributed by atoms with van der Waals surface area (Å²) in [5.41, 5.74) is 7.73. The Labute approximate surface area is 180 Å². The number of methoxy groups -OCH3 is 1. The number of rotatable bonds is 5. The third-order valence-corrected chi connectivity index (χ3v) is 5.49. The lowest BCUT2D eigenvalue weighted by Crippen LogP contribution is -2.48. The molecule has 1 aliphatic rings. The molecular formula is C21H24ClN5O3. The number of esters is 1. The number of nitriles is 1. The average Bonchev–Trinajstić information content (AvgIpc) is 3.09. The fourth-order valence-electron chi connectivity index (χ4n) is 3.59. The Morgan fingerprint density at radius 3 is 2.53 bits per heavy atom. The largest absolute Gasteiger partial charge is 0.464 e. The van der Waals surface area contributed by atoms with Gasteiger partial charge in [0.05, 0.1) is 29.1 Å². The second-order valence-electron chi connectivity index (χ2n) is 7.03. The number of halogens is 1. The van der Waals surface area contributed by atoms with E-state index in [0.717, 1.165) is 12.1 Å². The maximum Gasteiger partial charge on any atom is 0.357 e. The van der Waals surface area contributed by atoms with E-state index in [1.165, 1.54) is 17.9 Å². The maximum absolute atomic E-state index is 12.2. The zero-order valence-electron chi connectivity index (χ0n) is 17.0. The minimum atomic E-state index is -0.637. The van der Waals surface area contributed by atoms with Crippen LogP contribution < -0.4 is 10.6 Å². The third-order valence-electron chi connectivity index (χ3n) is 5.19. The average molecular weight is 430 g/mol. The first-order valence-electron chi connectivity index (χ1n) is 9.73. The fourth-order valence-corrected chi connectivity index (χ4v) is 3.88. The van der Waals surface area contributed by atoms with Gasteiger partial charge in [0.1, 0.15) is 6.07 Å². The number of hydrogen-bond donors (Lipinski definition) is 1. The first kappa shape index (κ1) is 21.5. The zero-order valence-corrected chi connectivity index (χ0v) is 17.8. The molecule has 1 aromatic heterocycles. The van der Waals surface area contributed by atoms with Gasteiger partial charge in [0, 0.05) is 44.5 Å². The summed E-state index contributed by atoms with van der Waals surface area (Å²) in [4.78, 5) is 28.3. The number of nitrogens with two attached hydrogens (primary N) is 1. The topological polar surface area (TPSA) is 105 Å². The van der Waals surface area contributed by atoms with Gasteiger partial charge in [0.15, 0.2) is 5.69 Å². The van der Waals surface area contributed by atoms with Gasteiger partial charge in [-0.15, -0.1) is 0 Å². The lowest BCUT2D eigenvalue weighted by Gasteiger charge is -2.36. The summed E-state index contributed by atoms with van der Waals surface area (Å²) in [5.74, 6) is -0.450. The van der Waals surface area contributed by atoms with Crippen molar-refractivity contribution in [2.24, 2.45) is 0 Å². The summed E-state index contributed by atoms with van der Waals surface area (Å²) in [6.07, 6.45) is 2.91. The van der Waals surface area contributed by atoms with Gasteiger partial charge in [-0.1, -0.05) is 18.5 Å². The molecule has 1 fully saturated rings. The number of ether oxygens (including phenoxy) is 1. The SMILES string of the molecule is CCCC(=O)N1CCN(c2ccc(-n3cc(C#N)c(N)c3C(=O)OC)cc2Cl)CC1. The molecule has 0 spiro atoms. The molecule has 1 amide bonds. The molecule has 1 aromatic carbocycles. The van der Waals surface area contributed by atoms with Gasteiger partial charge in [-0.05, 0) is 24.6 Å². The highest BCUT2D eigenvalue weighted by atomic mass is 35.5. The summed E-state index contributed by atoms with van der Waals surface area (Å²) in [6, 6.07) is 7.37. The lowest BCUT2D eigenvalue weighted by molar-refractivity contribution is -0.131. The molecule has 0 unspecified atom stereocenters. The van der Waals surface area contributed by atoms with Crippen LogP contribution in [0.25, 0.3) is 5.69 Å². The number of benzene rings is 1. The van der Waals surface area contributed by atoms with Gasteiger partial charge in [0.25, 0.3) is 0 Å². The van der Waals surface area contributed by atoms with Crippen molar-refractivity contribution in [1.82, 2.24) is 9.47 Å². The molecule has 30 heavy (non-hydrogen) atoms. The molecule has 158 valence electrons. The number of piperazine rings is 1. The predicted octanol–water partition coefficient (Wildman–Crippen LogP) is 2.82. The number of amides is 1. The number of hydrogen-bond acceptors (Lipinski definition) is 6. The first-order valence-corrected chi connectivity index (χ1v) is 10.1. The Morgan fingerprint density at radius 2 is 1.97 bits per heavy atom. The normalized spacial score (nSPS) is 13.8. The fraction of sp³-hybridized carbons (Fsp3) is 0.381. The van der Waals surface area contributed by atoms with E-state index in [0.29, 0.717) is 43.3 Å². The first-order chi connectivity index (χ1) is 14.4. The monoisotopic (exact) mass is 429 g/mol. The van der Waals surface area contributed by atoms with E-state index < -0.39 is 5.97 Å². The van der Waals surface area contributed by atoms with Gasteiger partial charge in [-0.25, -0.2) is 4.79 Å². The van der Waals surface area contributed by atoms with Gasteiger partial charge >= 0.3 is 5.97 Å². The van der Waals surface area contributed by atoms with Crippen molar-refractivity contribution in [3.8, 4) is 11.8 Å². The van der Waals surface area contributed by atoms with Crippen LogP contribution in [-0.4, -0.2) is 54.6 Å². The molecule has 1 saturated heterocycles. The Bertz CT molecular complexity index is 1000. The van der Waals surface area contributed by atoms with Crippen molar-refractivity contribution < 1.29 is 14.3 Å². The number of nitrogen functional groups attached to an aromatic ring is 1. The van der Waals surface area contributed by atoms with Crippen LogP contribution in [0.2, 0.25) is 5.02 Å². The van der Waals surface area contributed by atoms with Crippen LogP contribution in [0.5, 0.6) is 0 Å². The number of nitrogens with zero attached hydrogens (tertiary/aromatic N) is 4. The molecule has 0 saturated carbocycles. The van der Waals surface area contributed by atoms with Crippen LogP contribution in [0.1, 0.15) is 35.8 Å². The molecule has 0 bridgehead atoms. The summed E-state index contributed by atoms with van der Waals surface area (Å²) in [7, 11) is 1.26. The lowest BCUT2D eigenvalue weighted by atomic mass is 10.2. The van der Waals surface area contributed by atoms with Gasteiger partial charge < -0.3 is 24.8 Å². The van der Waals surface area contributed by atoms with Gasteiger partial charge in [0.2, 0.25) is 5.91 Å². The van der Waals surface area contributed by atoms with Crippen molar-refractivity contribution in [2.75, 3.05) is 43.9 Å². The van der Waals surface area contributed by atoms with E-state index >= 15 is 0 Å². The van der Waals surface area contributed by atoms with Crippen molar-refractivity contribution in [1.29, 1.82) is 5.26 Å². The van der Waals surface area contributed by atoms with Gasteiger partial charge in [-0.3, -0.25) is 4.79 Å². The zero-order chi connectivity index (χ0) is 21.8. The Balaban J connectivity index is 1.85. The molecule has 0 aliphatic carbocycles. The van der Waals surface area contributed by atoms with Crippen molar-refractivity contribution in [2.45, 2.75) is 19.8 Å². The Morgan fingerprint density at radius 1 is 1.27 bits per heavy atom. The van der Waals surface area contributed by atoms with E-state index in [1.54, 1.807) is 6.07 Å². The Hall–Kier alpha value is -3.18. The molecule has 0 radical (unpaired) electrons. The molecule has 1 aliphatic heterocycles. The Kier molecular flexibility index (Phi) is 6.53. The molecule has 2 aromatic rings. The number of carbonyl (C=O) groups excluding carboxylic acids is 2. The van der Waals surface area contributed by atoms with E-state index in [9.17, 15) is 14.9 Å². The highest BCUT2D eigenvalue weighted by Gasteiger charge is 2.24. The minimum absolute atomic E-state index is 0.0671. The number of carbonyl (C=O) groups is 2. The number of aromatic nitrogens is 1. The summed E-state index contributed by atoms with van der Waals surface area (Å²) in [6.45, 7) is 4.69. The highest BCUT2D eigenvalue weighted by Crippen LogP contribution is 2.32. The predicted molar refractivity (Wildman–Crippen MR) is 115 cm³/mol. The van der Waals surface area contributed by atoms with Crippen LogP contribution in [-0.2, 0) is 9.53 Å². The maximum atomic E-state index is 12.2. The molecule has 8 nitrogen and oxygen atoms in total. The summed E-state index contributed by atoms with van der Waals surface area (Å²) < 4.78 is 6.32. The minimum Gasteiger partial charge on any atom is -0.464 e. The van der Waals surface area contributed by atoms with Crippen molar-refractivity contribution >= 4 is 34.9 Å². The second kappa shape index (κ2) is 9.09. The molecule has 2 N–H and O–H groups in total. The van der Waals surface area contributed by atoms with Crippen molar-refractivity contribution in [3.63, 3.8) is 0 Å². The standard InChI is InChI=1S/C21H24ClN5O3/c1-3-4-18(28)26-9-7-25(8-10-26)17-6-5-15(11-16(17)22)27-13-14(12-23)19(24)20(27)21(29)30-2/h5-6,11,13H,3-4,7-10,24H2,1-2H3. The van der Waals surface area contributed by atoms with Crippen LogP contribution in [0.3, 0.4) is 0 Å². The second-order valence-corrected chi connectivity index (χ2v) is 7.44. The van der Waals surface area contributed by atoms with Crippen LogP contribution >= 0.6 is 11.6 Å². The van der Waals surface area contributed by atoms with Crippen LogP contribution in [0.4, 0.5) is 11.4 Å². The van der Waals surface area contributed by atoms with Crippen LogP contribution in [0, 0.1) is 11.3 Å². The quantitative estimate of drug-likeness (QED) is 0.733. The van der Waals surface area contributed by atoms with E-state index in [-0.39, 0.29) is 22.9 Å². The van der Waals surface area contributed by atoms with E-state index in [4.69, 9.17) is 22.1 Å². The summed E-state index contributed by atoms with van der Waals surface area (Å²) in [5, 5.41) is 9.77. The van der Waals surface area contributed by atoms with Gasteiger partial charge in [-0.2, -0.15) is 5.26 Å². The van der Waals surface area contributed by atoms with Crippen molar-refractivity contribution in [3.05, 3.63) is 40.7 Å². The molecular weight excluding hydrogens is 406 g/mol. The van der Waals surface area contributed by atoms with E-state index in [1.807, 2.05) is 30.0 Å². The van der Waals surface area contributed by atoms with Crippen LogP contribution in [0.15, 0.2) is 24.4 Å². The molecule has 2 heterocycles. The smallest absolute Gasteiger partial charge is 0.357 e. The third kappa shape index (κ3) is 4.07. The van der Waals surface area contributed by atoms with E-state index in [2.05, 4.69) is 4.90 Å².